The average molecular weight is 469 g/mol. The molecular formula is C23H24N4O3S2. The van der Waals surface area contributed by atoms with Crippen molar-refractivity contribution in [3.05, 3.63) is 71.9 Å². The molecule has 2 N–H and O–H groups in total. The molecule has 0 aliphatic heterocycles. The number of benzene rings is 2. The minimum atomic E-state index is -3.65. The maximum Gasteiger partial charge on any atom is 0.240 e. The number of carbonyl (C=O) groups excluding carboxylic acids is 1. The molecule has 0 saturated heterocycles. The molecule has 1 amide bonds. The number of hydrogen-bond donors (Lipinski definition) is 2. The summed E-state index contributed by atoms with van der Waals surface area (Å²) in [6, 6.07) is 14.2. The van der Waals surface area contributed by atoms with E-state index in [0.717, 1.165) is 21.8 Å². The van der Waals surface area contributed by atoms with Gasteiger partial charge in [0.15, 0.2) is 4.96 Å². The normalized spacial score (nSPS) is 11.8. The van der Waals surface area contributed by atoms with Crippen molar-refractivity contribution in [2.24, 2.45) is 0 Å². The summed E-state index contributed by atoms with van der Waals surface area (Å²) in [7, 11) is -3.65. The Morgan fingerprint density at radius 2 is 1.81 bits per heavy atom. The topological polar surface area (TPSA) is 92.6 Å². The largest absolute Gasteiger partial charge is 0.326 e. The van der Waals surface area contributed by atoms with Gasteiger partial charge in [-0.1, -0.05) is 38.1 Å². The van der Waals surface area contributed by atoms with Crippen LogP contribution >= 0.6 is 11.3 Å². The third-order valence-electron chi connectivity index (χ3n) is 5.06. The number of carbonyl (C=O) groups is 1. The van der Waals surface area contributed by atoms with E-state index in [1.54, 1.807) is 35.6 Å². The van der Waals surface area contributed by atoms with Crippen LogP contribution in [0.5, 0.6) is 0 Å². The first-order chi connectivity index (χ1) is 15.3. The first-order valence-corrected chi connectivity index (χ1v) is 12.6. The van der Waals surface area contributed by atoms with Crippen molar-refractivity contribution in [2.75, 3.05) is 11.9 Å². The van der Waals surface area contributed by atoms with Crippen LogP contribution < -0.4 is 10.0 Å². The zero-order chi connectivity index (χ0) is 22.7. The number of hydrogen-bond acceptors (Lipinski definition) is 5. The number of fused-ring (bicyclic) bond motifs is 1. The number of rotatable bonds is 8. The minimum Gasteiger partial charge on any atom is -0.326 e. The third kappa shape index (κ3) is 5.07. The summed E-state index contributed by atoms with van der Waals surface area (Å²) in [5.74, 6) is 0.0624. The number of nitrogens with one attached hydrogen (secondary N) is 2. The number of sulfonamides is 1. The van der Waals surface area contributed by atoms with Crippen LogP contribution in [0.4, 0.5) is 5.69 Å². The second kappa shape index (κ2) is 9.23. The van der Waals surface area contributed by atoms with Gasteiger partial charge in [-0.05, 0) is 35.7 Å². The first kappa shape index (κ1) is 22.2. The van der Waals surface area contributed by atoms with Crippen molar-refractivity contribution in [3.63, 3.8) is 0 Å². The summed E-state index contributed by atoms with van der Waals surface area (Å²) >= 11 is 1.57. The van der Waals surface area contributed by atoms with Crippen LogP contribution in [0.1, 0.15) is 31.7 Å². The van der Waals surface area contributed by atoms with E-state index in [2.05, 4.69) is 15.0 Å². The monoisotopic (exact) mass is 468 g/mol. The Balaban J connectivity index is 1.29. The van der Waals surface area contributed by atoms with Crippen molar-refractivity contribution in [2.45, 2.75) is 31.1 Å². The maximum absolute atomic E-state index is 12.4. The van der Waals surface area contributed by atoms with Gasteiger partial charge in [0.05, 0.1) is 10.6 Å². The highest BCUT2D eigenvalue weighted by Crippen LogP contribution is 2.23. The molecule has 166 valence electrons. The number of anilines is 1. The molecule has 2 aromatic heterocycles. The van der Waals surface area contributed by atoms with E-state index in [9.17, 15) is 13.2 Å². The Kier molecular flexibility index (Phi) is 6.40. The smallest absolute Gasteiger partial charge is 0.240 e. The molecule has 0 fully saturated rings. The van der Waals surface area contributed by atoms with Gasteiger partial charge in [-0.3, -0.25) is 9.20 Å². The Bertz CT molecular complexity index is 1290. The third-order valence-corrected chi connectivity index (χ3v) is 7.31. The van der Waals surface area contributed by atoms with Gasteiger partial charge in [0.25, 0.3) is 0 Å². The van der Waals surface area contributed by atoms with E-state index in [1.165, 1.54) is 0 Å². The highest BCUT2D eigenvalue weighted by molar-refractivity contribution is 7.89. The molecule has 0 unspecified atom stereocenters. The lowest BCUT2D eigenvalue weighted by atomic mass is 10.0. The van der Waals surface area contributed by atoms with E-state index in [0.29, 0.717) is 11.6 Å². The molecule has 32 heavy (non-hydrogen) atoms. The summed E-state index contributed by atoms with van der Waals surface area (Å²) in [4.78, 5) is 17.9. The van der Waals surface area contributed by atoms with Crippen LogP contribution in [-0.2, 0) is 14.8 Å². The van der Waals surface area contributed by atoms with Gasteiger partial charge in [0.1, 0.15) is 0 Å². The molecule has 9 heteroatoms. The van der Waals surface area contributed by atoms with E-state index >= 15 is 0 Å². The predicted molar refractivity (Wildman–Crippen MR) is 127 cm³/mol. The van der Waals surface area contributed by atoms with Crippen LogP contribution in [0.2, 0.25) is 0 Å². The predicted octanol–water partition coefficient (Wildman–Crippen LogP) is 4.49. The summed E-state index contributed by atoms with van der Waals surface area (Å²) in [6.07, 6.45) is 3.95. The molecule has 0 bridgehead atoms. The molecular weight excluding hydrogens is 444 g/mol. The van der Waals surface area contributed by atoms with E-state index in [-0.39, 0.29) is 23.8 Å². The number of thiazole rings is 1. The average Bonchev–Trinajstić information content (AvgIpc) is 3.37. The first-order valence-electron chi connectivity index (χ1n) is 10.2. The fraction of sp³-hybridized carbons (Fsp3) is 0.217. The van der Waals surface area contributed by atoms with Gasteiger partial charge in [-0.2, -0.15) is 0 Å². The van der Waals surface area contributed by atoms with Crippen LogP contribution in [-0.4, -0.2) is 30.3 Å². The van der Waals surface area contributed by atoms with E-state index in [1.807, 2.05) is 60.3 Å². The molecule has 0 aliphatic rings. The van der Waals surface area contributed by atoms with Gasteiger partial charge in [0, 0.05) is 42.0 Å². The second-order valence-corrected chi connectivity index (χ2v) is 10.4. The van der Waals surface area contributed by atoms with E-state index < -0.39 is 10.0 Å². The molecule has 0 aliphatic carbocycles. The molecule has 0 radical (unpaired) electrons. The van der Waals surface area contributed by atoms with E-state index in [4.69, 9.17) is 0 Å². The van der Waals surface area contributed by atoms with Gasteiger partial charge in [-0.15, -0.1) is 11.3 Å². The highest BCUT2D eigenvalue weighted by atomic mass is 32.2. The summed E-state index contributed by atoms with van der Waals surface area (Å²) in [5, 5.41) is 4.77. The lowest BCUT2D eigenvalue weighted by Gasteiger charge is -2.10. The van der Waals surface area contributed by atoms with Gasteiger partial charge < -0.3 is 5.32 Å². The summed E-state index contributed by atoms with van der Waals surface area (Å²) in [6.45, 7) is 4.12. The van der Waals surface area contributed by atoms with Crippen LogP contribution in [0.3, 0.4) is 0 Å². The molecule has 0 atom stereocenters. The molecule has 2 heterocycles. The number of aromatic nitrogens is 2. The molecule has 4 rings (SSSR count). The zero-order valence-corrected chi connectivity index (χ0v) is 19.4. The Morgan fingerprint density at radius 3 is 2.47 bits per heavy atom. The van der Waals surface area contributed by atoms with Gasteiger partial charge in [-0.25, -0.2) is 18.1 Å². The van der Waals surface area contributed by atoms with Crippen LogP contribution in [0.25, 0.3) is 16.2 Å². The lowest BCUT2D eigenvalue weighted by Crippen LogP contribution is -2.27. The number of nitrogens with zero attached hydrogens (tertiary/aromatic N) is 2. The zero-order valence-electron chi connectivity index (χ0n) is 17.8. The number of imidazole rings is 1. The fourth-order valence-corrected chi connectivity index (χ4v) is 4.96. The molecule has 4 aromatic rings. The maximum atomic E-state index is 12.4. The highest BCUT2D eigenvalue weighted by Gasteiger charge is 2.15. The summed E-state index contributed by atoms with van der Waals surface area (Å²) in [5.41, 5.74) is 3.54. The second-order valence-electron chi connectivity index (χ2n) is 7.72. The molecule has 0 saturated carbocycles. The minimum absolute atomic E-state index is 0.0174. The fourth-order valence-electron chi connectivity index (χ4n) is 3.23. The number of amides is 1. The van der Waals surface area contributed by atoms with Crippen molar-refractivity contribution in [3.8, 4) is 11.3 Å². The van der Waals surface area contributed by atoms with Crippen molar-refractivity contribution in [1.29, 1.82) is 0 Å². The van der Waals surface area contributed by atoms with Crippen LogP contribution in [0, 0.1) is 0 Å². The molecule has 0 spiro atoms. The Hall–Kier alpha value is -3.01. The quantitative estimate of drug-likeness (QED) is 0.398. The lowest BCUT2D eigenvalue weighted by molar-refractivity contribution is -0.116. The Morgan fingerprint density at radius 1 is 1.09 bits per heavy atom. The molecule has 7 nitrogen and oxygen atoms in total. The SMILES string of the molecule is CC(C)c1ccc(S(=O)(=O)NCCC(=O)Nc2ccc(-c3cn4ccsc4n3)cc2)cc1. The Labute approximate surface area is 191 Å². The van der Waals surface area contributed by atoms with Crippen molar-refractivity contribution < 1.29 is 13.2 Å². The molecule has 2 aromatic carbocycles. The van der Waals surface area contributed by atoms with Gasteiger partial charge in [0.2, 0.25) is 15.9 Å². The van der Waals surface area contributed by atoms with Crippen molar-refractivity contribution >= 4 is 37.9 Å². The van der Waals surface area contributed by atoms with Gasteiger partial charge >= 0.3 is 0 Å². The van der Waals surface area contributed by atoms with Crippen molar-refractivity contribution in [1.82, 2.24) is 14.1 Å². The summed E-state index contributed by atoms with van der Waals surface area (Å²) < 4.78 is 29.3. The standard InChI is InChI=1S/C23H24N4O3S2/c1-16(2)17-5-9-20(10-6-17)32(29,30)24-12-11-22(28)25-19-7-3-18(4-8-19)21-15-27-13-14-31-23(27)26-21/h3-10,13-16,24H,11-12H2,1-2H3,(H,25,28). The van der Waals surface area contributed by atoms with Crippen LogP contribution in [0.15, 0.2) is 71.2 Å².